The fourth-order valence-corrected chi connectivity index (χ4v) is 3.32. The Morgan fingerprint density at radius 1 is 1.20 bits per heavy atom. The lowest BCUT2D eigenvalue weighted by molar-refractivity contribution is -0.116. The first-order chi connectivity index (χ1) is 14.4. The minimum Gasteiger partial charge on any atom is -0.495 e. The van der Waals surface area contributed by atoms with Crippen molar-refractivity contribution in [2.24, 2.45) is 0 Å². The Bertz CT molecular complexity index is 1100. The number of hydrogen-bond acceptors (Lipinski definition) is 5. The minimum absolute atomic E-state index is 0.176. The van der Waals surface area contributed by atoms with E-state index in [2.05, 4.69) is 10.3 Å². The number of carbonyl (C=O) groups excluding carboxylic acids is 1. The number of nitrogens with one attached hydrogen (secondary N) is 1. The van der Waals surface area contributed by atoms with Crippen molar-refractivity contribution in [2.75, 3.05) is 24.4 Å². The van der Waals surface area contributed by atoms with Crippen LogP contribution in [0.3, 0.4) is 0 Å². The molecule has 1 heterocycles. The number of ether oxygens (including phenoxy) is 1. The number of benzene rings is 2. The van der Waals surface area contributed by atoms with Gasteiger partial charge in [0.05, 0.1) is 12.1 Å². The average Bonchev–Trinajstić information content (AvgIpc) is 2.70. The molecule has 30 heavy (non-hydrogen) atoms. The molecule has 1 amide bonds. The highest BCUT2D eigenvalue weighted by Crippen LogP contribution is 2.27. The molecule has 0 atom stereocenters. The summed E-state index contributed by atoms with van der Waals surface area (Å²) in [4.78, 5) is 31.6. The molecule has 156 valence electrons. The van der Waals surface area contributed by atoms with Crippen molar-refractivity contribution in [3.8, 4) is 5.75 Å². The number of anilines is 2. The van der Waals surface area contributed by atoms with Crippen molar-refractivity contribution in [2.45, 2.75) is 20.0 Å². The molecule has 0 fully saturated rings. The highest BCUT2D eigenvalue weighted by Gasteiger charge is 2.16. The van der Waals surface area contributed by atoms with Crippen LogP contribution in [0.1, 0.15) is 11.3 Å². The van der Waals surface area contributed by atoms with Gasteiger partial charge >= 0.3 is 0 Å². The first kappa shape index (κ1) is 21.4. The molecule has 1 aromatic heterocycles. The predicted molar refractivity (Wildman–Crippen MR) is 118 cm³/mol. The van der Waals surface area contributed by atoms with Crippen LogP contribution in [0.4, 0.5) is 11.6 Å². The Labute approximate surface area is 179 Å². The zero-order valence-electron chi connectivity index (χ0n) is 17.1. The number of amides is 1. The second-order valence-corrected chi connectivity index (χ2v) is 7.27. The molecule has 0 bridgehead atoms. The molecule has 1 N–H and O–H groups in total. The standard InChI is InChI=1S/C22H23ClN4O3/c1-15-11-21(29)27(22(24-15)26(2)13-16-7-5-4-6-8-16)14-20(28)25-17-9-10-19(30-3)18(23)12-17/h4-12H,13-14H2,1-3H3,(H,25,28). The Hall–Kier alpha value is -3.32. The van der Waals surface area contributed by atoms with E-state index in [-0.39, 0.29) is 18.0 Å². The number of aryl methyl sites for hydroxylation is 1. The molecule has 0 saturated carbocycles. The lowest BCUT2D eigenvalue weighted by Crippen LogP contribution is -2.34. The van der Waals surface area contributed by atoms with E-state index < -0.39 is 0 Å². The van der Waals surface area contributed by atoms with Gasteiger partial charge < -0.3 is 15.0 Å². The summed E-state index contributed by atoms with van der Waals surface area (Å²) >= 11 is 6.11. The maximum atomic E-state index is 12.6. The SMILES string of the molecule is COc1ccc(NC(=O)Cn2c(N(C)Cc3ccccc3)nc(C)cc2=O)cc1Cl. The van der Waals surface area contributed by atoms with Crippen LogP contribution in [0.25, 0.3) is 0 Å². The zero-order chi connectivity index (χ0) is 21.7. The van der Waals surface area contributed by atoms with Crippen LogP contribution in [0.5, 0.6) is 5.75 Å². The molecule has 0 aliphatic heterocycles. The van der Waals surface area contributed by atoms with Gasteiger partial charge in [0.15, 0.2) is 0 Å². The van der Waals surface area contributed by atoms with Crippen molar-refractivity contribution in [3.05, 3.63) is 81.2 Å². The molecule has 0 unspecified atom stereocenters. The largest absolute Gasteiger partial charge is 0.495 e. The minimum atomic E-state index is -0.363. The van der Waals surface area contributed by atoms with Gasteiger partial charge in [0.1, 0.15) is 12.3 Å². The van der Waals surface area contributed by atoms with Crippen LogP contribution >= 0.6 is 11.6 Å². The van der Waals surface area contributed by atoms with Crippen LogP contribution in [-0.2, 0) is 17.9 Å². The van der Waals surface area contributed by atoms with Crippen LogP contribution in [0, 0.1) is 6.92 Å². The van der Waals surface area contributed by atoms with E-state index in [1.54, 1.807) is 25.1 Å². The molecular formula is C22H23ClN4O3. The molecular weight excluding hydrogens is 404 g/mol. The third-order valence-corrected chi connectivity index (χ3v) is 4.75. The van der Waals surface area contributed by atoms with Gasteiger partial charge in [0, 0.05) is 31.0 Å². The van der Waals surface area contributed by atoms with Gasteiger partial charge in [0.25, 0.3) is 5.56 Å². The highest BCUT2D eigenvalue weighted by molar-refractivity contribution is 6.32. The molecule has 0 spiro atoms. The monoisotopic (exact) mass is 426 g/mol. The van der Waals surface area contributed by atoms with E-state index in [4.69, 9.17) is 16.3 Å². The maximum absolute atomic E-state index is 12.6. The van der Waals surface area contributed by atoms with E-state index in [0.717, 1.165) is 5.56 Å². The predicted octanol–water partition coefficient (Wildman–Crippen LogP) is 3.49. The highest BCUT2D eigenvalue weighted by atomic mass is 35.5. The van der Waals surface area contributed by atoms with Gasteiger partial charge in [0.2, 0.25) is 11.9 Å². The van der Waals surface area contributed by atoms with Gasteiger partial charge in [-0.2, -0.15) is 0 Å². The molecule has 0 aliphatic carbocycles. The molecule has 0 radical (unpaired) electrons. The fraction of sp³-hybridized carbons (Fsp3) is 0.227. The number of rotatable bonds is 7. The van der Waals surface area contributed by atoms with E-state index in [1.807, 2.05) is 42.3 Å². The molecule has 0 saturated heterocycles. The fourth-order valence-electron chi connectivity index (χ4n) is 3.06. The summed E-state index contributed by atoms with van der Waals surface area (Å²) < 4.78 is 6.47. The van der Waals surface area contributed by atoms with E-state index in [9.17, 15) is 9.59 Å². The second-order valence-electron chi connectivity index (χ2n) is 6.86. The summed E-state index contributed by atoms with van der Waals surface area (Å²) in [5, 5.41) is 3.14. The summed E-state index contributed by atoms with van der Waals surface area (Å²) in [7, 11) is 3.36. The molecule has 2 aromatic carbocycles. The zero-order valence-corrected chi connectivity index (χ0v) is 17.8. The van der Waals surface area contributed by atoms with Crippen molar-refractivity contribution < 1.29 is 9.53 Å². The summed E-state index contributed by atoms with van der Waals surface area (Å²) in [5.74, 6) is 0.573. The number of carbonyl (C=O) groups is 1. The first-order valence-corrected chi connectivity index (χ1v) is 9.72. The van der Waals surface area contributed by atoms with E-state index >= 15 is 0 Å². The number of aromatic nitrogens is 2. The average molecular weight is 427 g/mol. The lowest BCUT2D eigenvalue weighted by atomic mass is 10.2. The molecule has 8 heteroatoms. The Morgan fingerprint density at radius 3 is 2.60 bits per heavy atom. The Kier molecular flexibility index (Phi) is 6.74. The van der Waals surface area contributed by atoms with Gasteiger partial charge in [-0.15, -0.1) is 0 Å². The van der Waals surface area contributed by atoms with E-state index in [1.165, 1.54) is 17.7 Å². The molecule has 7 nitrogen and oxygen atoms in total. The lowest BCUT2D eigenvalue weighted by Gasteiger charge is -2.22. The third-order valence-electron chi connectivity index (χ3n) is 4.46. The number of methoxy groups -OCH3 is 1. The van der Waals surface area contributed by atoms with Crippen molar-refractivity contribution in [1.82, 2.24) is 9.55 Å². The van der Waals surface area contributed by atoms with Crippen LogP contribution in [-0.4, -0.2) is 29.6 Å². The van der Waals surface area contributed by atoms with Crippen molar-refractivity contribution in [1.29, 1.82) is 0 Å². The summed E-state index contributed by atoms with van der Waals surface area (Å²) in [6.45, 7) is 2.13. The maximum Gasteiger partial charge on any atom is 0.255 e. The first-order valence-electron chi connectivity index (χ1n) is 9.34. The summed E-state index contributed by atoms with van der Waals surface area (Å²) in [5.41, 5.74) is 1.88. The smallest absolute Gasteiger partial charge is 0.255 e. The topological polar surface area (TPSA) is 76.5 Å². The van der Waals surface area contributed by atoms with Crippen LogP contribution in [0.15, 0.2) is 59.4 Å². The van der Waals surface area contributed by atoms with Gasteiger partial charge in [-0.25, -0.2) is 4.98 Å². The number of halogens is 1. The summed E-state index contributed by atoms with van der Waals surface area (Å²) in [6.07, 6.45) is 0. The normalized spacial score (nSPS) is 10.5. The van der Waals surface area contributed by atoms with Crippen LogP contribution < -0.4 is 20.5 Å². The number of nitrogens with zero attached hydrogens (tertiary/aromatic N) is 3. The number of hydrogen-bond donors (Lipinski definition) is 1. The van der Waals surface area contributed by atoms with Crippen molar-refractivity contribution in [3.63, 3.8) is 0 Å². The molecule has 3 aromatic rings. The van der Waals surface area contributed by atoms with Gasteiger partial charge in [-0.3, -0.25) is 14.2 Å². The van der Waals surface area contributed by atoms with Gasteiger partial charge in [-0.1, -0.05) is 41.9 Å². The quantitative estimate of drug-likeness (QED) is 0.625. The van der Waals surface area contributed by atoms with Crippen LogP contribution in [0.2, 0.25) is 5.02 Å². The summed E-state index contributed by atoms with van der Waals surface area (Å²) in [6, 6.07) is 16.2. The second kappa shape index (κ2) is 9.45. The van der Waals surface area contributed by atoms with Crippen molar-refractivity contribution >= 4 is 29.1 Å². The Balaban J connectivity index is 1.82. The Morgan fingerprint density at radius 2 is 1.93 bits per heavy atom. The molecule has 0 aliphatic rings. The van der Waals surface area contributed by atoms with E-state index in [0.29, 0.717) is 34.6 Å². The molecule has 3 rings (SSSR count). The third kappa shape index (κ3) is 5.18. The van der Waals surface area contributed by atoms with Gasteiger partial charge in [-0.05, 0) is 30.7 Å².